The van der Waals surface area contributed by atoms with Crippen LogP contribution in [0.3, 0.4) is 0 Å². The molecule has 116 valence electrons. The highest BCUT2D eigenvalue weighted by molar-refractivity contribution is 5.99. The molecule has 5 nitrogen and oxygen atoms in total. The van der Waals surface area contributed by atoms with Crippen molar-refractivity contribution in [2.45, 2.75) is 38.5 Å². The van der Waals surface area contributed by atoms with Gasteiger partial charge in [0.1, 0.15) is 0 Å². The van der Waals surface area contributed by atoms with Gasteiger partial charge in [0, 0.05) is 12.8 Å². The zero-order chi connectivity index (χ0) is 15.7. The molecule has 21 heavy (non-hydrogen) atoms. The lowest BCUT2D eigenvalue weighted by Gasteiger charge is -2.11. The quantitative estimate of drug-likeness (QED) is 0.529. The smallest absolute Gasteiger partial charge is 0.303 e. The minimum Gasteiger partial charge on any atom is -0.493 e. The largest absolute Gasteiger partial charge is 0.493 e. The Kier molecular flexibility index (Phi) is 7.29. The molecule has 0 spiro atoms. The Labute approximate surface area is 124 Å². The number of hydrogen-bond donors (Lipinski definition) is 1. The molecule has 0 aliphatic rings. The van der Waals surface area contributed by atoms with Gasteiger partial charge in [-0.1, -0.05) is 18.9 Å². The van der Waals surface area contributed by atoms with E-state index in [0.717, 1.165) is 19.3 Å². The molecule has 0 atom stereocenters. The predicted octanol–water partition coefficient (Wildman–Crippen LogP) is 3.31. The summed E-state index contributed by atoms with van der Waals surface area (Å²) in [6.07, 6.45) is 3.71. The molecule has 0 radical (unpaired) electrons. The number of carboxylic acids is 1. The van der Waals surface area contributed by atoms with Crippen LogP contribution in [0, 0.1) is 0 Å². The number of Topliss-reactive ketones (excluding diaryl/α,β-unsaturated/α-hetero) is 1. The maximum Gasteiger partial charge on any atom is 0.303 e. The van der Waals surface area contributed by atoms with E-state index in [1.807, 2.05) is 0 Å². The van der Waals surface area contributed by atoms with Crippen molar-refractivity contribution in [1.82, 2.24) is 0 Å². The zero-order valence-corrected chi connectivity index (χ0v) is 12.6. The number of hydrogen-bond acceptors (Lipinski definition) is 4. The first-order chi connectivity index (χ1) is 10.1. The van der Waals surface area contributed by atoms with E-state index in [1.54, 1.807) is 18.2 Å². The fraction of sp³-hybridized carbons (Fsp3) is 0.500. The third-order valence-corrected chi connectivity index (χ3v) is 3.25. The monoisotopic (exact) mass is 294 g/mol. The Morgan fingerprint density at radius 3 is 2.24 bits per heavy atom. The molecule has 1 aromatic rings. The molecular weight excluding hydrogens is 272 g/mol. The van der Waals surface area contributed by atoms with Crippen molar-refractivity contribution in [3.05, 3.63) is 23.8 Å². The van der Waals surface area contributed by atoms with Crippen molar-refractivity contribution in [2.75, 3.05) is 14.2 Å². The number of carbonyl (C=O) groups is 2. The van der Waals surface area contributed by atoms with Gasteiger partial charge in [0.2, 0.25) is 0 Å². The number of aliphatic carboxylic acids is 1. The summed E-state index contributed by atoms with van der Waals surface area (Å²) in [6, 6.07) is 5.25. The average Bonchev–Trinajstić information content (AvgIpc) is 2.49. The molecule has 0 saturated heterocycles. The van der Waals surface area contributed by atoms with Crippen molar-refractivity contribution in [2.24, 2.45) is 0 Å². The molecule has 0 bridgehead atoms. The number of unbranched alkanes of at least 4 members (excludes halogenated alkanes) is 3. The summed E-state index contributed by atoms with van der Waals surface area (Å²) in [5.74, 6) is 0.261. The first kappa shape index (κ1) is 17.0. The number of para-hydroxylation sites is 1. The van der Waals surface area contributed by atoms with Gasteiger partial charge in [0.25, 0.3) is 0 Å². The van der Waals surface area contributed by atoms with Crippen LogP contribution in [0.2, 0.25) is 0 Å². The number of rotatable bonds is 10. The molecule has 0 aromatic heterocycles. The van der Waals surface area contributed by atoms with Gasteiger partial charge in [0.15, 0.2) is 17.3 Å². The first-order valence-electron chi connectivity index (χ1n) is 7.06. The fourth-order valence-corrected chi connectivity index (χ4v) is 2.16. The van der Waals surface area contributed by atoms with Crippen LogP contribution in [0.1, 0.15) is 48.9 Å². The third-order valence-electron chi connectivity index (χ3n) is 3.25. The van der Waals surface area contributed by atoms with Crippen LogP contribution in [0.25, 0.3) is 0 Å². The number of carbonyl (C=O) groups excluding carboxylic acids is 1. The molecule has 0 fully saturated rings. The minimum atomic E-state index is -0.771. The molecule has 0 aliphatic carbocycles. The number of methoxy groups -OCH3 is 2. The van der Waals surface area contributed by atoms with Crippen LogP contribution in [0.4, 0.5) is 0 Å². The van der Waals surface area contributed by atoms with Crippen LogP contribution in [0.5, 0.6) is 11.5 Å². The number of ketones is 1. The van der Waals surface area contributed by atoms with Crippen LogP contribution >= 0.6 is 0 Å². The second kappa shape index (κ2) is 9.00. The van der Waals surface area contributed by atoms with Gasteiger partial charge in [-0.3, -0.25) is 9.59 Å². The van der Waals surface area contributed by atoms with E-state index < -0.39 is 5.97 Å². The molecular formula is C16H22O5. The summed E-state index contributed by atoms with van der Waals surface area (Å²) in [6.45, 7) is 0. The van der Waals surface area contributed by atoms with Crippen LogP contribution < -0.4 is 9.47 Å². The average molecular weight is 294 g/mol. The molecule has 1 rings (SSSR count). The summed E-state index contributed by atoms with van der Waals surface area (Å²) in [5.41, 5.74) is 0.530. The summed E-state index contributed by atoms with van der Waals surface area (Å²) in [7, 11) is 3.05. The van der Waals surface area contributed by atoms with E-state index in [9.17, 15) is 9.59 Å². The molecule has 1 N–H and O–H groups in total. The number of benzene rings is 1. The molecule has 5 heteroatoms. The Hall–Kier alpha value is -2.04. The van der Waals surface area contributed by atoms with Crippen molar-refractivity contribution in [1.29, 1.82) is 0 Å². The van der Waals surface area contributed by atoms with Crippen LogP contribution in [-0.2, 0) is 4.79 Å². The second-order valence-corrected chi connectivity index (χ2v) is 4.77. The van der Waals surface area contributed by atoms with E-state index in [0.29, 0.717) is 29.9 Å². The maximum atomic E-state index is 12.2. The first-order valence-corrected chi connectivity index (χ1v) is 7.06. The normalized spacial score (nSPS) is 10.2. The van der Waals surface area contributed by atoms with Crippen molar-refractivity contribution in [3.8, 4) is 11.5 Å². The Balaban J connectivity index is 2.47. The van der Waals surface area contributed by atoms with E-state index in [-0.39, 0.29) is 12.2 Å². The molecule has 0 saturated carbocycles. The fourth-order valence-electron chi connectivity index (χ4n) is 2.16. The van der Waals surface area contributed by atoms with Crippen molar-refractivity contribution >= 4 is 11.8 Å². The highest BCUT2D eigenvalue weighted by Gasteiger charge is 2.15. The zero-order valence-electron chi connectivity index (χ0n) is 12.6. The van der Waals surface area contributed by atoms with Gasteiger partial charge in [-0.05, 0) is 25.0 Å². The Morgan fingerprint density at radius 1 is 1.00 bits per heavy atom. The number of carboxylic acid groups (broad SMARTS) is 1. The molecule has 0 heterocycles. The van der Waals surface area contributed by atoms with Gasteiger partial charge in [0.05, 0.1) is 19.8 Å². The van der Waals surface area contributed by atoms with Gasteiger partial charge >= 0.3 is 5.97 Å². The Bertz CT molecular complexity index is 482. The van der Waals surface area contributed by atoms with Crippen LogP contribution in [-0.4, -0.2) is 31.1 Å². The topological polar surface area (TPSA) is 72.8 Å². The Morgan fingerprint density at radius 2 is 1.67 bits per heavy atom. The van der Waals surface area contributed by atoms with Crippen molar-refractivity contribution in [3.63, 3.8) is 0 Å². The molecule has 0 amide bonds. The van der Waals surface area contributed by atoms with E-state index in [2.05, 4.69) is 0 Å². The van der Waals surface area contributed by atoms with Gasteiger partial charge in [-0.15, -0.1) is 0 Å². The highest BCUT2D eigenvalue weighted by atomic mass is 16.5. The lowest BCUT2D eigenvalue weighted by atomic mass is 10.0. The van der Waals surface area contributed by atoms with Crippen molar-refractivity contribution < 1.29 is 24.2 Å². The number of ether oxygens (including phenoxy) is 2. The summed E-state index contributed by atoms with van der Waals surface area (Å²) in [5, 5.41) is 8.53. The van der Waals surface area contributed by atoms with Gasteiger partial charge in [-0.25, -0.2) is 0 Å². The lowest BCUT2D eigenvalue weighted by Crippen LogP contribution is -2.03. The van der Waals surface area contributed by atoms with Crippen LogP contribution in [0.15, 0.2) is 18.2 Å². The summed E-state index contributed by atoms with van der Waals surface area (Å²) in [4.78, 5) is 22.6. The SMILES string of the molecule is COc1cccc(C(=O)CCCCCCC(=O)O)c1OC. The minimum absolute atomic E-state index is 0.0176. The molecule has 0 aliphatic heterocycles. The second-order valence-electron chi connectivity index (χ2n) is 4.77. The third kappa shape index (κ3) is 5.45. The van der Waals surface area contributed by atoms with Gasteiger partial charge < -0.3 is 14.6 Å². The standard InChI is InChI=1S/C16H22O5/c1-20-14-10-7-8-12(16(14)21-2)13(17)9-5-3-4-6-11-15(18)19/h7-8,10H,3-6,9,11H2,1-2H3,(H,18,19). The molecule has 0 unspecified atom stereocenters. The van der Waals surface area contributed by atoms with Gasteiger partial charge in [-0.2, -0.15) is 0 Å². The summed E-state index contributed by atoms with van der Waals surface area (Å²) < 4.78 is 10.4. The van der Waals surface area contributed by atoms with E-state index >= 15 is 0 Å². The van der Waals surface area contributed by atoms with E-state index in [4.69, 9.17) is 14.6 Å². The lowest BCUT2D eigenvalue weighted by molar-refractivity contribution is -0.137. The van der Waals surface area contributed by atoms with E-state index in [1.165, 1.54) is 14.2 Å². The maximum absolute atomic E-state index is 12.2. The predicted molar refractivity (Wildman–Crippen MR) is 79.2 cm³/mol. The summed E-state index contributed by atoms with van der Waals surface area (Å²) >= 11 is 0. The highest BCUT2D eigenvalue weighted by Crippen LogP contribution is 2.31. The molecule has 1 aromatic carbocycles.